The van der Waals surface area contributed by atoms with E-state index < -0.39 is 5.97 Å². The van der Waals surface area contributed by atoms with Gasteiger partial charge in [0, 0.05) is 21.8 Å². The summed E-state index contributed by atoms with van der Waals surface area (Å²) in [7, 11) is 0. The first-order chi connectivity index (χ1) is 15.4. The number of aryl methyl sites for hydroxylation is 2. The predicted octanol–water partition coefficient (Wildman–Crippen LogP) is 6.77. The van der Waals surface area contributed by atoms with Crippen molar-refractivity contribution < 1.29 is 19.1 Å². The molecule has 0 radical (unpaired) electrons. The van der Waals surface area contributed by atoms with Crippen LogP contribution in [0, 0.1) is 13.8 Å². The van der Waals surface area contributed by atoms with Crippen molar-refractivity contribution in [2.45, 2.75) is 33.6 Å². The summed E-state index contributed by atoms with van der Waals surface area (Å²) < 4.78 is 12.0. The van der Waals surface area contributed by atoms with Crippen LogP contribution in [0.2, 0.25) is 0 Å². The fourth-order valence-corrected chi connectivity index (χ4v) is 4.50. The number of carbonyl (C=O) groups is 2. The Labute approximate surface area is 200 Å². The maximum absolute atomic E-state index is 12.6. The van der Waals surface area contributed by atoms with Crippen LogP contribution in [0.4, 0.5) is 5.00 Å². The molecule has 0 atom stereocenters. The van der Waals surface area contributed by atoms with Gasteiger partial charge in [-0.15, -0.1) is 11.3 Å². The van der Waals surface area contributed by atoms with E-state index in [1.54, 1.807) is 6.92 Å². The molecule has 0 aliphatic rings. The van der Waals surface area contributed by atoms with Gasteiger partial charge in [0.15, 0.2) is 0 Å². The third-order valence-electron chi connectivity index (χ3n) is 4.81. The van der Waals surface area contributed by atoms with Crippen LogP contribution in [0.1, 0.15) is 41.3 Å². The van der Waals surface area contributed by atoms with Crippen LogP contribution in [-0.2, 0) is 9.53 Å². The van der Waals surface area contributed by atoms with Gasteiger partial charge >= 0.3 is 5.97 Å². The van der Waals surface area contributed by atoms with Crippen molar-refractivity contribution in [3.63, 3.8) is 0 Å². The van der Waals surface area contributed by atoms with Crippen molar-refractivity contribution in [3.05, 3.63) is 69.0 Å². The Morgan fingerprint density at radius 3 is 2.53 bits per heavy atom. The molecule has 0 aliphatic carbocycles. The van der Waals surface area contributed by atoms with Gasteiger partial charge in [0.1, 0.15) is 16.3 Å². The van der Waals surface area contributed by atoms with Crippen molar-refractivity contribution >= 4 is 44.1 Å². The van der Waals surface area contributed by atoms with Gasteiger partial charge < -0.3 is 14.8 Å². The monoisotopic (exact) mass is 515 g/mol. The first-order valence-electron chi connectivity index (χ1n) is 10.4. The van der Waals surface area contributed by atoms with Gasteiger partial charge in [-0.2, -0.15) is 0 Å². The summed E-state index contributed by atoms with van der Waals surface area (Å²) in [4.78, 5) is 25.2. The maximum atomic E-state index is 12.6. The number of anilines is 1. The Morgan fingerprint density at radius 1 is 1.09 bits per heavy atom. The van der Waals surface area contributed by atoms with E-state index in [4.69, 9.17) is 9.47 Å². The molecule has 7 heteroatoms. The smallest absolute Gasteiger partial charge is 0.341 e. The molecule has 1 heterocycles. The van der Waals surface area contributed by atoms with Crippen molar-refractivity contribution in [3.8, 4) is 16.9 Å². The van der Waals surface area contributed by atoms with E-state index in [0.717, 1.165) is 26.9 Å². The summed E-state index contributed by atoms with van der Waals surface area (Å²) in [6.45, 7) is 6.51. The lowest BCUT2D eigenvalue weighted by molar-refractivity contribution is -0.116. The topological polar surface area (TPSA) is 64.6 Å². The molecule has 3 rings (SSSR count). The minimum atomic E-state index is -0.444. The lowest BCUT2D eigenvalue weighted by atomic mass is 10.0. The lowest BCUT2D eigenvalue weighted by Gasteiger charge is -2.10. The van der Waals surface area contributed by atoms with Gasteiger partial charge in [0.2, 0.25) is 5.91 Å². The Kier molecular flexibility index (Phi) is 8.47. The van der Waals surface area contributed by atoms with E-state index in [0.29, 0.717) is 30.0 Å². The molecular weight excluding hydrogens is 490 g/mol. The average molecular weight is 516 g/mol. The molecule has 0 saturated heterocycles. The Balaban J connectivity index is 1.64. The van der Waals surface area contributed by atoms with E-state index in [1.165, 1.54) is 16.9 Å². The molecular formula is C25H26BrNO4S. The number of carbonyl (C=O) groups excluding carboxylic acids is 2. The highest BCUT2D eigenvalue weighted by molar-refractivity contribution is 9.10. The second kappa shape index (κ2) is 11.3. The number of esters is 1. The van der Waals surface area contributed by atoms with Crippen molar-refractivity contribution in [2.24, 2.45) is 0 Å². The summed E-state index contributed by atoms with van der Waals surface area (Å²) in [6.07, 6.45) is 0.859. The molecule has 2 aromatic carbocycles. The van der Waals surface area contributed by atoms with Gasteiger partial charge in [0.25, 0.3) is 0 Å². The van der Waals surface area contributed by atoms with Gasteiger partial charge in [-0.3, -0.25) is 4.79 Å². The summed E-state index contributed by atoms with van der Waals surface area (Å²) in [5.74, 6) is 0.224. The third kappa shape index (κ3) is 6.20. The summed E-state index contributed by atoms with van der Waals surface area (Å²) >= 11 is 4.75. The average Bonchev–Trinajstić information content (AvgIpc) is 3.16. The van der Waals surface area contributed by atoms with E-state index in [9.17, 15) is 9.59 Å². The number of hydrogen-bond acceptors (Lipinski definition) is 5. The summed E-state index contributed by atoms with van der Waals surface area (Å²) in [5, 5.41) is 5.25. The SMILES string of the molecule is CCOC(=O)c1c(-c2ccc(Br)cc2)csc1NC(=O)CCCOc1ccc(C)cc1C. The molecule has 3 aromatic rings. The van der Waals surface area contributed by atoms with Gasteiger partial charge in [0.05, 0.1) is 13.2 Å². The van der Waals surface area contributed by atoms with Crippen LogP contribution in [0.5, 0.6) is 5.75 Å². The number of nitrogens with one attached hydrogen (secondary N) is 1. The quantitative estimate of drug-likeness (QED) is 0.252. The van der Waals surface area contributed by atoms with Crippen molar-refractivity contribution in [1.82, 2.24) is 0 Å². The van der Waals surface area contributed by atoms with Gasteiger partial charge in [-0.1, -0.05) is 45.8 Å². The lowest BCUT2D eigenvalue weighted by Crippen LogP contribution is -2.15. The minimum Gasteiger partial charge on any atom is -0.493 e. The largest absolute Gasteiger partial charge is 0.493 e. The first kappa shape index (κ1) is 24.0. The molecule has 0 spiro atoms. The number of hydrogen-bond donors (Lipinski definition) is 1. The number of rotatable bonds is 9. The number of benzene rings is 2. The highest BCUT2D eigenvalue weighted by Crippen LogP contribution is 2.36. The highest BCUT2D eigenvalue weighted by Gasteiger charge is 2.22. The fourth-order valence-electron chi connectivity index (χ4n) is 3.26. The molecule has 1 N–H and O–H groups in total. The Bertz CT molecular complexity index is 1090. The number of thiophene rings is 1. The first-order valence-corrected chi connectivity index (χ1v) is 12.1. The predicted molar refractivity (Wildman–Crippen MR) is 133 cm³/mol. The molecule has 0 aliphatic heterocycles. The number of halogens is 1. The normalized spacial score (nSPS) is 10.6. The second-order valence-electron chi connectivity index (χ2n) is 7.35. The van der Waals surface area contributed by atoms with Gasteiger partial charge in [-0.05, 0) is 56.5 Å². The Morgan fingerprint density at radius 2 is 1.84 bits per heavy atom. The number of amides is 1. The van der Waals surface area contributed by atoms with Crippen LogP contribution in [0.3, 0.4) is 0 Å². The van der Waals surface area contributed by atoms with E-state index in [-0.39, 0.29) is 12.5 Å². The zero-order chi connectivity index (χ0) is 23.1. The summed E-state index contributed by atoms with van der Waals surface area (Å²) in [6, 6.07) is 13.7. The molecule has 32 heavy (non-hydrogen) atoms. The molecule has 1 amide bonds. The second-order valence-corrected chi connectivity index (χ2v) is 9.15. The molecule has 0 bridgehead atoms. The van der Waals surface area contributed by atoms with Gasteiger partial charge in [-0.25, -0.2) is 4.79 Å². The molecule has 0 fully saturated rings. The van der Waals surface area contributed by atoms with E-state index in [1.807, 2.05) is 55.6 Å². The molecule has 0 saturated carbocycles. The summed E-state index contributed by atoms with van der Waals surface area (Å²) in [5.41, 5.74) is 4.28. The van der Waals surface area contributed by atoms with Crippen molar-refractivity contribution in [2.75, 3.05) is 18.5 Å². The fraction of sp³-hybridized carbons (Fsp3) is 0.280. The highest BCUT2D eigenvalue weighted by atomic mass is 79.9. The number of ether oxygens (including phenoxy) is 2. The molecule has 168 valence electrons. The van der Waals surface area contributed by atoms with Crippen LogP contribution in [0.25, 0.3) is 11.1 Å². The standard InChI is InChI=1S/C25H26BrNO4S/c1-4-30-25(29)23-20(18-8-10-19(26)11-9-18)15-32-24(23)27-22(28)6-5-13-31-21-12-7-16(2)14-17(21)3/h7-12,14-15H,4-6,13H2,1-3H3,(H,27,28). The molecule has 5 nitrogen and oxygen atoms in total. The molecule has 0 unspecified atom stereocenters. The zero-order valence-electron chi connectivity index (χ0n) is 18.4. The maximum Gasteiger partial charge on any atom is 0.341 e. The van der Waals surface area contributed by atoms with Crippen LogP contribution in [0.15, 0.2) is 52.3 Å². The van der Waals surface area contributed by atoms with E-state index >= 15 is 0 Å². The van der Waals surface area contributed by atoms with E-state index in [2.05, 4.69) is 27.3 Å². The van der Waals surface area contributed by atoms with Crippen LogP contribution >= 0.6 is 27.3 Å². The Hall–Kier alpha value is -2.64. The zero-order valence-corrected chi connectivity index (χ0v) is 20.8. The van der Waals surface area contributed by atoms with Crippen LogP contribution < -0.4 is 10.1 Å². The van der Waals surface area contributed by atoms with Crippen molar-refractivity contribution in [1.29, 1.82) is 0 Å². The molecule has 1 aromatic heterocycles. The third-order valence-corrected chi connectivity index (χ3v) is 6.24. The van der Waals surface area contributed by atoms with Crippen LogP contribution in [-0.4, -0.2) is 25.1 Å². The minimum absolute atomic E-state index is 0.163.